The molecule has 12 heteroatoms. The van der Waals surface area contributed by atoms with Crippen molar-refractivity contribution < 1.29 is 33.4 Å². The first-order valence-electron chi connectivity index (χ1n) is 18.3. The molecule has 6 N–H and O–H groups in total. The molecular formula is C39H69N5O7. The van der Waals surface area contributed by atoms with Gasteiger partial charge in [-0.05, 0) is 82.9 Å². The fraction of sp³-hybridized carbons (Fsp3) is 0.692. The summed E-state index contributed by atoms with van der Waals surface area (Å²) in [5, 5.41) is 12.2. The second-order valence-electron chi connectivity index (χ2n) is 13.0. The molecule has 0 radical (unpaired) electrons. The van der Waals surface area contributed by atoms with Crippen LogP contribution in [0.4, 0.5) is 4.79 Å². The fourth-order valence-corrected chi connectivity index (χ4v) is 6.33. The van der Waals surface area contributed by atoms with Crippen LogP contribution in [0.3, 0.4) is 0 Å². The van der Waals surface area contributed by atoms with Gasteiger partial charge in [-0.1, -0.05) is 65.8 Å². The third-order valence-corrected chi connectivity index (χ3v) is 8.24. The predicted octanol–water partition coefficient (Wildman–Crippen LogP) is 5.17. The number of ketones is 1. The Labute approximate surface area is 307 Å². The van der Waals surface area contributed by atoms with Gasteiger partial charge in [-0.15, -0.1) is 0 Å². The number of amides is 3. The number of ether oxygens (including phenoxy) is 2. The van der Waals surface area contributed by atoms with E-state index in [1.165, 1.54) is 19.9 Å². The van der Waals surface area contributed by atoms with Crippen molar-refractivity contribution in [2.75, 3.05) is 26.8 Å². The molecule has 3 amide bonds. The first kappa shape index (κ1) is 49.5. The van der Waals surface area contributed by atoms with E-state index < -0.39 is 30.2 Å². The van der Waals surface area contributed by atoms with E-state index in [4.69, 9.17) is 20.0 Å². The second-order valence-corrected chi connectivity index (χ2v) is 13.0. The maximum Gasteiger partial charge on any atom is 0.319 e. The number of carbonyl (C=O) groups is 4. The Hall–Kier alpha value is -3.57. The van der Waals surface area contributed by atoms with Crippen LogP contribution in [0.15, 0.2) is 42.7 Å². The molecule has 1 saturated carbocycles. The van der Waals surface area contributed by atoms with E-state index in [0.29, 0.717) is 57.0 Å². The highest BCUT2D eigenvalue weighted by Gasteiger charge is 2.50. The number of urea groups is 1. The molecule has 4 unspecified atom stereocenters. The summed E-state index contributed by atoms with van der Waals surface area (Å²) in [4.78, 5) is 59.2. The quantitative estimate of drug-likeness (QED) is 0.0352. The largest absolute Gasteiger partial charge is 0.460 e. The van der Waals surface area contributed by atoms with Gasteiger partial charge < -0.3 is 41.3 Å². The Morgan fingerprint density at radius 3 is 2.18 bits per heavy atom. The summed E-state index contributed by atoms with van der Waals surface area (Å²) in [6, 6.07) is -1.73. The van der Waals surface area contributed by atoms with Crippen molar-refractivity contribution in [1.29, 1.82) is 0 Å². The van der Waals surface area contributed by atoms with Crippen LogP contribution in [-0.4, -0.2) is 80.7 Å². The van der Waals surface area contributed by atoms with Crippen LogP contribution in [0.5, 0.6) is 0 Å². The Morgan fingerprint density at radius 2 is 1.69 bits per heavy atom. The van der Waals surface area contributed by atoms with Gasteiger partial charge in [0.2, 0.25) is 5.91 Å². The highest BCUT2D eigenvalue weighted by atomic mass is 16.5. The number of carbonyl (C=O) groups excluding carboxylic acids is 5. The summed E-state index contributed by atoms with van der Waals surface area (Å²) < 4.78 is 11.7. The third-order valence-electron chi connectivity index (χ3n) is 8.24. The maximum absolute atomic E-state index is 12.9. The zero-order valence-corrected chi connectivity index (χ0v) is 33.1. The Morgan fingerprint density at radius 1 is 1.06 bits per heavy atom. The zero-order valence-electron chi connectivity index (χ0n) is 33.1. The van der Waals surface area contributed by atoms with E-state index in [2.05, 4.69) is 41.3 Å². The van der Waals surface area contributed by atoms with Gasteiger partial charge >= 0.3 is 12.0 Å². The lowest BCUT2D eigenvalue weighted by Gasteiger charge is -2.36. The minimum absolute atomic E-state index is 0.00319. The molecule has 0 aromatic carbocycles. The van der Waals surface area contributed by atoms with Crippen LogP contribution in [0.1, 0.15) is 101 Å². The van der Waals surface area contributed by atoms with Crippen molar-refractivity contribution in [1.82, 2.24) is 21.3 Å². The van der Waals surface area contributed by atoms with Crippen LogP contribution in [-0.2, 0) is 28.7 Å². The highest BCUT2D eigenvalue weighted by molar-refractivity contribution is 5.81. The molecule has 292 valence electrons. The normalized spacial score (nSPS) is 19.5. The van der Waals surface area contributed by atoms with Crippen LogP contribution >= 0.6 is 0 Å². The van der Waals surface area contributed by atoms with Crippen molar-refractivity contribution in [2.24, 2.45) is 29.4 Å². The van der Waals surface area contributed by atoms with Gasteiger partial charge in [-0.3, -0.25) is 9.59 Å². The molecule has 7 atom stereocenters. The summed E-state index contributed by atoms with van der Waals surface area (Å²) in [5.41, 5.74) is 7.34. The molecular weight excluding hydrogens is 650 g/mol. The average molecular weight is 720 g/mol. The number of nitrogens with two attached hydrogens (primary N) is 1. The van der Waals surface area contributed by atoms with Crippen LogP contribution < -0.4 is 27.0 Å². The van der Waals surface area contributed by atoms with E-state index in [-0.39, 0.29) is 41.9 Å². The second kappa shape index (κ2) is 29.1. The molecule has 0 heterocycles. The lowest BCUT2D eigenvalue weighted by Crippen LogP contribution is -2.49. The molecule has 12 nitrogen and oxygen atoms in total. The number of esters is 1. The monoisotopic (exact) mass is 720 g/mol. The van der Waals surface area contributed by atoms with Gasteiger partial charge in [0.25, 0.3) is 0 Å². The number of Topliss-reactive ketones (excluding diaryl/α,β-unsaturated/α-hetero) is 1. The van der Waals surface area contributed by atoms with Crippen molar-refractivity contribution in [3.05, 3.63) is 42.7 Å². The molecule has 51 heavy (non-hydrogen) atoms. The summed E-state index contributed by atoms with van der Waals surface area (Å²) in [7, 11) is 1.60. The standard InChI is InChI=1S/C34H59N5O6.C3H4O.C2H6/c1-10-13-22(5)31(36-15-12-16-37-33(42)29(35)17-21(3)4)32(45-25(8)41)27-19-30(39-34(43)38-23(6)14-11-2)26(18-24(7)40)28(27)20-44-9;1-2-3-4;1-2/h11,14,21,26-32,36H,5-6,10,12-13,15-20,35H2,1-4,7-9H3,(H,37,42)(H2,38,39,43);2H,1H3;1-2H3/b14-11-;;/t26-,27?,28+,29+,30?,31?,32?;;/m1../s1. The van der Waals surface area contributed by atoms with E-state index in [1.54, 1.807) is 32.1 Å². The van der Waals surface area contributed by atoms with E-state index in [9.17, 15) is 19.2 Å². The number of methoxy groups -OCH3 is 1. The first-order chi connectivity index (χ1) is 24.2. The highest BCUT2D eigenvalue weighted by Crippen LogP contribution is 2.44. The summed E-state index contributed by atoms with van der Waals surface area (Å²) >= 11 is 0. The molecule has 0 aromatic heterocycles. The molecule has 0 spiro atoms. The fourth-order valence-electron chi connectivity index (χ4n) is 6.33. The van der Waals surface area contributed by atoms with Gasteiger partial charge in [0, 0.05) is 51.3 Å². The summed E-state index contributed by atoms with van der Waals surface area (Å²) in [5.74, 6) is 0.599. The SMILES string of the molecule is C=C(/C=C\C)NC(=O)NC1CC(C(OC(C)=O)C(NCCCNC(=O)[C@@H](N)CC(C)C)C(=C)CCC)[C@@H](COC)[C@H]1CC(C)=O.CC.CC=C=O. The van der Waals surface area contributed by atoms with Crippen LogP contribution in [0.2, 0.25) is 0 Å². The van der Waals surface area contributed by atoms with E-state index in [0.717, 1.165) is 12.0 Å². The van der Waals surface area contributed by atoms with E-state index >= 15 is 0 Å². The van der Waals surface area contributed by atoms with Gasteiger partial charge in [-0.2, -0.15) is 0 Å². The Balaban J connectivity index is 0. The minimum Gasteiger partial charge on any atom is -0.460 e. The molecule has 0 saturated heterocycles. The third kappa shape index (κ3) is 20.8. The number of hydrogen-bond donors (Lipinski definition) is 5. The van der Waals surface area contributed by atoms with E-state index in [1.807, 2.05) is 34.6 Å². The molecule has 1 fully saturated rings. The number of allylic oxidation sites excluding steroid dienone is 3. The molecule has 1 rings (SSSR count). The van der Waals surface area contributed by atoms with Gasteiger partial charge in [0.1, 0.15) is 17.8 Å². The number of rotatable bonds is 21. The Kier molecular flexibility index (Phi) is 28.2. The molecule has 0 bridgehead atoms. The lowest BCUT2D eigenvalue weighted by molar-refractivity contribution is -0.152. The molecule has 0 aromatic rings. The summed E-state index contributed by atoms with van der Waals surface area (Å²) in [6.07, 6.45) is 7.68. The lowest BCUT2D eigenvalue weighted by atomic mass is 9.80. The average Bonchev–Trinajstić information content (AvgIpc) is 3.37. The number of hydrogen-bond acceptors (Lipinski definition) is 9. The maximum atomic E-state index is 12.9. The molecule has 1 aliphatic carbocycles. The smallest absolute Gasteiger partial charge is 0.319 e. The molecule has 0 aliphatic heterocycles. The summed E-state index contributed by atoms with van der Waals surface area (Å²) in [6.45, 7) is 26.0. The first-order valence-corrected chi connectivity index (χ1v) is 18.3. The van der Waals surface area contributed by atoms with Gasteiger partial charge in [-0.25, -0.2) is 9.59 Å². The van der Waals surface area contributed by atoms with Crippen molar-refractivity contribution in [3.8, 4) is 0 Å². The topological polar surface area (TPSA) is 178 Å². The van der Waals surface area contributed by atoms with Crippen molar-refractivity contribution >= 4 is 29.6 Å². The zero-order chi connectivity index (χ0) is 39.5. The minimum atomic E-state index is -0.627. The predicted molar refractivity (Wildman–Crippen MR) is 205 cm³/mol. The molecule has 1 aliphatic rings. The van der Waals surface area contributed by atoms with Crippen molar-refractivity contribution in [3.63, 3.8) is 0 Å². The van der Waals surface area contributed by atoms with Gasteiger partial charge in [0.15, 0.2) is 0 Å². The number of nitrogens with one attached hydrogen (secondary N) is 4. The van der Waals surface area contributed by atoms with Crippen LogP contribution in [0.25, 0.3) is 0 Å². The Bertz CT molecular complexity index is 1150. The van der Waals surface area contributed by atoms with Crippen molar-refractivity contribution in [2.45, 2.75) is 125 Å². The van der Waals surface area contributed by atoms with Gasteiger partial charge in [0.05, 0.1) is 12.1 Å². The van der Waals surface area contributed by atoms with Crippen LogP contribution in [0, 0.1) is 23.7 Å².